The van der Waals surface area contributed by atoms with Crippen LogP contribution in [0.25, 0.3) is 0 Å². The third-order valence-electron chi connectivity index (χ3n) is 3.20. The van der Waals surface area contributed by atoms with Crippen LogP contribution in [0.15, 0.2) is 18.2 Å². The number of rotatable bonds is 4. The molecule has 0 aliphatic carbocycles. The van der Waals surface area contributed by atoms with E-state index in [2.05, 4.69) is 16.7 Å². The number of amides is 2. The number of ether oxygens (including phenoxy) is 1. The molecule has 1 heterocycles. The highest BCUT2D eigenvalue weighted by atomic mass is 16.5. The minimum Gasteiger partial charge on any atom is -0.484 e. The van der Waals surface area contributed by atoms with Gasteiger partial charge in [-0.05, 0) is 43.5 Å². The van der Waals surface area contributed by atoms with Gasteiger partial charge in [-0.1, -0.05) is 6.07 Å². The van der Waals surface area contributed by atoms with Crippen molar-refractivity contribution >= 4 is 11.8 Å². The maximum Gasteiger partial charge on any atom is 0.258 e. The molecule has 20 heavy (non-hydrogen) atoms. The predicted molar refractivity (Wildman–Crippen MR) is 75.6 cm³/mol. The Balaban J connectivity index is 1.78. The topological polar surface area (TPSA) is 67.4 Å². The van der Waals surface area contributed by atoms with Crippen molar-refractivity contribution in [2.45, 2.75) is 32.7 Å². The van der Waals surface area contributed by atoms with Crippen molar-refractivity contribution in [2.75, 3.05) is 13.2 Å². The Morgan fingerprint density at radius 1 is 1.35 bits per heavy atom. The molecular weight excluding hydrogens is 256 g/mol. The van der Waals surface area contributed by atoms with Crippen LogP contribution in [0, 0.1) is 13.8 Å². The number of nitrogens with one attached hydrogen (secondary N) is 2. The molecule has 1 unspecified atom stereocenters. The third kappa shape index (κ3) is 4.26. The maximum absolute atomic E-state index is 11.8. The smallest absolute Gasteiger partial charge is 0.258 e. The van der Waals surface area contributed by atoms with E-state index >= 15 is 0 Å². The number of hydrogen-bond donors (Lipinski definition) is 2. The van der Waals surface area contributed by atoms with Crippen LogP contribution in [0.1, 0.15) is 24.0 Å². The first-order chi connectivity index (χ1) is 9.52. The summed E-state index contributed by atoms with van der Waals surface area (Å²) in [4.78, 5) is 22.8. The summed E-state index contributed by atoms with van der Waals surface area (Å²) >= 11 is 0. The van der Waals surface area contributed by atoms with E-state index in [-0.39, 0.29) is 24.5 Å². The van der Waals surface area contributed by atoms with Crippen LogP contribution in [-0.2, 0) is 9.59 Å². The molecule has 1 aromatic rings. The molecule has 0 aromatic heterocycles. The highest BCUT2D eigenvalue weighted by molar-refractivity contribution is 5.79. The Labute approximate surface area is 118 Å². The first-order valence-electron chi connectivity index (χ1n) is 6.80. The second-order valence-corrected chi connectivity index (χ2v) is 5.22. The van der Waals surface area contributed by atoms with Gasteiger partial charge in [-0.15, -0.1) is 0 Å². The maximum atomic E-state index is 11.8. The Kier molecular flexibility index (Phi) is 4.61. The molecule has 0 bridgehead atoms. The highest BCUT2D eigenvalue weighted by Crippen LogP contribution is 2.16. The fourth-order valence-electron chi connectivity index (χ4n) is 2.29. The predicted octanol–water partition coefficient (Wildman–Crippen LogP) is 1.08. The molecule has 0 saturated carbocycles. The molecule has 5 nitrogen and oxygen atoms in total. The molecule has 1 aliphatic rings. The second-order valence-electron chi connectivity index (χ2n) is 5.22. The van der Waals surface area contributed by atoms with E-state index in [9.17, 15) is 9.59 Å². The largest absolute Gasteiger partial charge is 0.484 e. The molecule has 5 heteroatoms. The van der Waals surface area contributed by atoms with Crippen molar-refractivity contribution in [2.24, 2.45) is 0 Å². The van der Waals surface area contributed by atoms with Crippen LogP contribution >= 0.6 is 0 Å². The zero-order valence-electron chi connectivity index (χ0n) is 11.9. The fraction of sp³-hybridized carbons (Fsp3) is 0.467. The quantitative estimate of drug-likeness (QED) is 0.864. The fourth-order valence-corrected chi connectivity index (χ4v) is 2.29. The van der Waals surface area contributed by atoms with Crippen molar-refractivity contribution in [1.29, 1.82) is 0 Å². The Hall–Kier alpha value is -2.04. The van der Waals surface area contributed by atoms with Gasteiger partial charge in [0.05, 0.1) is 0 Å². The second kappa shape index (κ2) is 6.41. The average molecular weight is 276 g/mol. The van der Waals surface area contributed by atoms with Gasteiger partial charge in [-0.2, -0.15) is 0 Å². The molecule has 2 rings (SSSR count). The van der Waals surface area contributed by atoms with Gasteiger partial charge in [0.2, 0.25) is 5.91 Å². The van der Waals surface area contributed by atoms with Crippen molar-refractivity contribution in [1.82, 2.24) is 10.6 Å². The lowest BCUT2D eigenvalue weighted by molar-refractivity contribution is -0.126. The summed E-state index contributed by atoms with van der Waals surface area (Å²) in [7, 11) is 0. The number of piperidine rings is 1. The third-order valence-corrected chi connectivity index (χ3v) is 3.20. The normalized spacial score (nSPS) is 18.3. The summed E-state index contributed by atoms with van der Waals surface area (Å²) in [5, 5.41) is 5.59. The van der Waals surface area contributed by atoms with Crippen LogP contribution in [0.5, 0.6) is 5.75 Å². The number of carbonyl (C=O) groups is 2. The number of aryl methyl sites for hydroxylation is 2. The molecule has 0 spiro atoms. The standard InChI is InChI=1S/C15H20N2O3/c1-10-5-11(2)7-13(6-10)20-9-15(19)17-12-3-4-14(18)16-8-12/h5-7,12H,3-4,8-9H2,1-2H3,(H,16,18)(H,17,19). The van der Waals surface area contributed by atoms with E-state index in [0.29, 0.717) is 25.1 Å². The van der Waals surface area contributed by atoms with E-state index in [4.69, 9.17) is 4.74 Å². The van der Waals surface area contributed by atoms with Crippen LogP contribution in [0.2, 0.25) is 0 Å². The van der Waals surface area contributed by atoms with Crippen molar-refractivity contribution < 1.29 is 14.3 Å². The molecule has 0 radical (unpaired) electrons. The van der Waals surface area contributed by atoms with Gasteiger partial charge in [-0.3, -0.25) is 9.59 Å². The lowest BCUT2D eigenvalue weighted by Crippen LogP contribution is -2.48. The van der Waals surface area contributed by atoms with Gasteiger partial charge >= 0.3 is 0 Å². The van der Waals surface area contributed by atoms with E-state index < -0.39 is 0 Å². The molecule has 1 aliphatic heterocycles. The van der Waals surface area contributed by atoms with Gasteiger partial charge in [0, 0.05) is 19.0 Å². The number of hydrogen-bond acceptors (Lipinski definition) is 3. The summed E-state index contributed by atoms with van der Waals surface area (Å²) in [6.45, 7) is 4.47. The average Bonchev–Trinajstić information content (AvgIpc) is 2.38. The summed E-state index contributed by atoms with van der Waals surface area (Å²) in [6, 6.07) is 5.86. The molecular formula is C15H20N2O3. The van der Waals surface area contributed by atoms with E-state index in [1.54, 1.807) is 0 Å². The minimum atomic E-state index is -0.162. The first-order valence-corrected chi connectivity index (χ1v) is 6.80. The van der Waals surface area contributed by atoms with Crippen LogP contribution in [0.3, 0.4) is 0 Å². The van der Waals surface area contributed by atoms with Crippen LogP contribution < -0.4 is 15.4 Å². The van der Waals surface area contributed by atoms with Crippen molar-refractivity contribution in [3.63, 3.8) is 0 Å². The first kappa shape index (κ1) is 14.4. The van der Waals surface area contributed by atoms with Crippen LogP contribution in [-0.4, -0.2) is 31.0 Å². The molecule has 108 valence electrons. The van der Waals surface area contributed by atoms with E-state index in [1.807, 2.05) is 26.0 Å². The Morgan fingerprint density at radius 3 is 2.65 bits per heavy atom. The van der Waals surface area contributed by atoms with Gasteiger partial charge in [0.1, 0.15) is 5.75 Å². The van der Waals surface area contributed by atoms with Gasteiger partial charge < -0.3 is 15.4 Å². The van der Waals surface area contributed by atoms with Gasteiger partial charge in [0.15, 0.2) is 6.61 Å². The van der Waals surface area contributed by atoms with E-state index in [0.717, 1.165) is 11.1 Å². The molecule has 2 amide bonds. The monoisotopic (exact) mass is 276 g/mol. The summed E-state index contributed by atoms with van der Waals surface area (Å²) in [5.41, 5.74) is 2.21. The SMILES string of the molecule is Cc1cc(C)cc(OCC(=O)NC2CCC(=O)NC2)c1. The van der Waals surface area contributed by atoms with Gasteiger partial charge in [-0.25, -0.2) is 0 Å². The van der Waals surface area contributed by atoms with Crippen molar-refractivity contribution in [3.05, 3.63) is 29.3 Å². The summed E-state index contributed by atoms with van der Waals surface area (Å²) in [5.74, 6) is 0.585. The summed E-state index contributed by atoms with van der Waals surface area (Å²) < 4.78 is 5.49. The highest BCUT2D eigenvalue weighted by Gasteiger charge is 2.19. The molecule has 1 atom stereocenters. The minimum absolute atomic E-state index is 0.00282. The Morgan fingerprint density at radius 2 is 2.05 bits per heavy atom. The lowest BCUT2D eigenvalue weighted by atomic mass is 10.1. The molecule has 1 aromatic carbocycles. The van der Waals surface area contributed by atoms with Gasteiger partial charge in [0.25, 0.3) is 5.91 Å². The zero-order valence-corrected chi connectivity index (χ0v) is 11.9. The zero-order chi connectivity index (χ0) is 14.5. The molecule has 2 N–H and O–H groups in total. The lowest BCUT2D eigenvalue weighted by Gasteiger charge is -2.23. The van der Waals surface area contributed by atoms with E-state index in [1.165, 1.54) is 0 Å². The molecule has 1 fully saturated rings. The van der Waals surface area contributed by atoms with Crippen molar-refractivity contribution in [3.8, 4) is 5.75 Å². The number of carbonyl (C=O) groups excluding carboxylic acids is 2. The summed E-state index contributed by atoms with van der Waals surface area (Å²) in [6.07, 6.45) is 1.14. The number of benzene rings is 1. The Bertz CT molecular complexity index is 484. The molecule has 1 saturated heterocycles. The van der Waals surface area contributed by atoms with Crippen LogP contribution in [0.4, 0.5) is 0 Å².